The van der Waals surface area contributed by atoms with Gasteiger partial charge in [0, 0.05) is 16.6 Å². The molecule has 94 valence electrons. The number of benzene rings is 1. The first-order valence-electron chi connectivity index (χ1n) is 5.10. The molecular formula is C11H15FN2O2S. The number of amides is 1. The highest BCUT2D eigenvalue weighted by Crippen LogP contribution is 2.20. The zero-order valence-electron chi connectivity index (χ0n) is 9.44. The topological polar surface area (TPSA) is 75.3 Å². The quantitative estimate of drug-likeness (QED) is 0.419. The molecule has 1 atom stereocenters. The molecular weight excluding hydrogens is 243 g/mol. The van der Waals surface area contributed by atoms with Crippen molar-refractivity contribution in [2.45, 2.75) is 17.9 Å². The number of hydrogen-bond donors (Lipinski definition) is 3. The third-order valence-electron chi connectivity index (χ3n) is 2.22. The summed E-state index contributed by atoms with van der Waals surface area (Å²) in [7, 11) is 0. The highest BCUT2D eigenvalue weighted by Gasteiger charge is 2.10. The lowest BCUT2D eigenvalue weighted by molar-refractivity contribution is 0.0953. The molecule has 0 saturated heterocycles. The molecule has 1 amide bonds. The second kappa shape index (κ2) is 6.58. The summed E-state index contributed by atoms with van der Waals surface area (Å²) in [5.74, 6) is 4.59. The highest BCUT2D eigenvalue weighted by molar-refractivity contribution is 7.99. The van der Waals surface area contributed by atoms with Crippen LogP contribution in [0.5, 0.6) is 0 Å². The largest absolute Gasteiger partial charge is 0.395 e. The van der Waals surface area contributed by atoms with Gasteiger partial charge in [-0.25, -0.2) is 10.2 Å². The standard InChI is InChI=1S/C11H15FN2O2S/c1-7(5-15)17-6-9-4-8(11(16)14-13)2-3-10(9)12/h2-4,7,15H,5-6,13H2,1H3,(H,14,16). The molecule has 1 aromatic rings. The summed E-state index contributed by atoms with van der Waals surface area (Å²) >= 11 is 1.42. The van der Waals surface area contributed by atoms with Crippen LogP contribution >= 0.6 is 11.8 Å². The van der Waals surface area contributed by atoms with Crippen LogP contribution in [0.3, 0.4) is 0 Å². The lowest BCUT2D eigenvalue weighted by atomic mass is 10.1. The van der Waals surface area contributed by atoms with Crippen LogP contribution in [0.1, 0.15) is 22.8 Å². The molecule has 0 aliphatic carbocycles. The van der Waals surface area contributed by atoms with Gasteiger partial charge in [-0.3, -0.25) is 10.2 Å². The van der Waals surface area contributed by atoms with E-state index < -0.39 is 5.91 Å². The van der Waals surface area contributed by atoms with Gasteiger partial charge in [0.25, 0.3) is 5.91 Å². The van der Waals surface area contributed by atoms with Crippen molar-refractivity contribution >= 4 is 17.7 Å². The molecule has 0 radical (unpaired) electrons. The molecule has 6 heteroatoms. The van der Waals surface area contributed by atoms with E-state index in [9.17, 15) is 9.18 Å². The maximum Gasteiger partial charge on any atom is 0.265 e. The van der Waals surface area contributed by atoms with Gasteiger partial charge in [0.05, 0.1) is 6.61 Å². The normalized spacial score (nSPS) is 12.2. The Balaban J connectivity index is 2.80. The Morgan fingerprint density at radius 1 is 1.65 bits per heavy atom. The Labute approximate surface area is 103 Å². The molecule has 0 aliphatic rings. The third-order valence-corrected chi connectivity index (χ3v) is 3.42. The molecule has 0 aliphatic heterocycles. The second-order valence-corrected chi connectivity index (χ2v) is 5.01. The van der Waals surface area contributed by atoms with Crippen molar-refractivity contribution in [2.75, 3.05) is 6.61 Å². The Morgan fingerprint density at radius 3 is 2.94 bits per heavy atom. The molecule has 0 saturated carbocycles. The molecule has 0 aromatic heterocycles. The highest BCUT2D eigenvalue weighted by atomic mass is 32.2. The fourth-order valence-electron chi connectivity index (χ4n) is 1.19. The van der Waals surface area contributed by atoms with E-state index >= 15 is 0 Å². The second-order valence-electron chi connectivity index (χ2n) is 3.58. The van der Waals surface area contributed by atoms with Gasteiger partial charge in [0.15, 0.2) is 0 Å². The maximum atomic E-state index is 13.5. The fraction of sp³-hybridized carbons (Fsp3) is 0.364. The summed E-state index contributed by atoms with van der Waals surface area (Å²) in [5, 5.41) is 8.90. The minimum atomic E-state index is -0.452. The predicted octanol–water partition coefficient (Wildman–Crippen LogP) is 1.04. The first-order chi connectivity index (χ1) is 8.08. The number of hydrazine groups is 1. The van der Waals surface area contributed by atoms with E-state index in [2.05, 4.69) is 0 Å². The van der Waals surface area contributed by atoms with Gasteiger partial charge in [-0.2, -0.15) is 11.8 Å². The predicted molar refractivity (Wildman–Crippen MR) is 65.9 cm³/mol. The summed E-state index contributed by atoms with van der Waals surface area (Å²) in [6.07, 6.45) is 0. The Bertz CT molecular complexity index is 401. The molecule has 1 aromatic carbocycles. The molecule has 0 spiro atoms. The van der Waals surface area contributed by atoms with Gasteiger partial charge in [-0.1, -0.05) is 6.92 Å². The molecule has 4 nitrogen and oxygen atoms in total. The maximum absolute atomic E-state index is 13.5. The average Bonchev–Trinajstić information content (AvgIpc) is 2.36. The van der Waals surface area contributed by atoms with Gasteiger partial charge < -0.3 is 5.11 Å². The number of thioether (sulfide) groups is 1. The van der Waals surface area contributed by atoms with Crippen LogP contribution < -0.4 is 11.3 Å². The lowest BCUT2D eigenvalue weighted by Gasteiger charge is -2.09. The number of rotatable bonds is 5. The van der Waals surface area contributed by atoms with Crippen LogP contribution in [-0.2, 0) is 5.75 Å². The molecule has 1 rings (SSSR count). The first-order valence-corrected chi connectivity index (χ1v) is 6.15. The van der Waals surface area contributed by atoms with Crippen molar-refractivity contribution in [3.63, 3.8) is 0 Å². The number of carbonyl (C=O) groups excluding carboxylic acids is 1. The van der Waals surface area contributed by atoms with E-state index in [-0.39, 0.29) is 17.7 Å². The van der Waals surface area contributed by atoms with Crippen LogP contribution in [0, 0.1) is 5.82 Å². The van der Waals surface area contributed by atoms with Gasteiger partial charge in [0.1, 0.15) is 5.82 Å². The zero-order valence-corrected chi connectivity index (χ0v) is 10.3. The minimum absolute atomic E-state index is 0.0291. The van der Waals surface area contributed by atoms with Crippen molar-refractivity contribution in [3.05, 3.63) is 35.1 Å². The van der Waals surface area contributed by atoms with Gasteiger partial charge in [-0.15, -0.1) is 0 Å². The number of nitrogen functional groups attached to an aromatic ring is 1. The third kappa shape index (κ3) is 3.99. The van der Waals surface area contributed by atoms with Crippen molar-refractivity contribution in [1.82, 2.24) is 5.43 Å². The summed E-state index contributed by atoms with van der Waals surface area (Å²) in [6.45, 7) is 1.88. The summed E-state index contributed by atoms with van der Waals surface area (Å²) in [6, 6.07) is 4.08. The number of hydrogen-bond acceptors (Lipinski definition) is 4. The molecule has 0 heterocycles. The van der Waals surface area contributed by atoms with Crippen LogP contribution in [0.4, 0.5) is 4.39 Å². The fourth-order valence-corrected chi connectivity index (χ4v) is 1.99. The number of halogens is 1. The van der Waals surface area contributed by atoms with Gasteiger partial charge in [-0.05, 0) is 23.8 Å². The van der Waals surface area contributed by atoms with Gasteiger partial charge in [0.2, 0.25) is 0 Å². The summed E-state index contributed by atoms with van der Waals surface area (Å²) in [5.41, 5.74) is 2.74. The number of nitrogens with two attached hydrogens (primary N) is 1. The summed E-state index contributed by atoms with van der Waals surface area (Å²) in [4.78, 5) is 11.3. The van der Waals surface area contributed by atoms with E-state index in [1.165, 1.54) is 30.0 Å². The van der Waals surface area contributed by atoms with E-state index in [4.69, 9.17) is 10.9 Å². The molecule has 1 unspecified atom stereocenters. The molecule has 17 heavy (non-hydrogen) atoms. The minimum Gasteiger partial charge on any atom is -0.395 e. The van der Waals surface area contributed by atoms with Crippen molar-refractivity contribution in [1.29, 1.82) is 0 Å². The van der Waals surface area contributed by atoms with Crippen molar-refractivity contribution < 1.29 is 14.3 Å². The lowest BCUT2D eigenvalue weighted by Crippen LogP contribution is -2.30. The Hall–Kier alpha value is -1.11. The molecule has 4 N–H and O–H groups in total. The van der Waals surface area contributed by atoms with Crippen molar-refractivity contribution in [3.8, 4) is 0 Å². The molecule has 0 bridgehead atoms. The number of carbonyl (C=O) groups is 1. The van der Waals surface area contributed by atoms with Crippen LogP contribution in [0.25, 0.3) is 0 Å². The van der Waals surface area contributed by atoms with Crippen LogP contribution in [-0.4, -0.2) is 22.9 Å². The molecule has 0 fully saturated rings. The monoisotopic (exact) mass is 258 g/mol. The van der Waals surface area contributed by atoms with Crippen LogP contribution in [0.15, 0.2) is 18.2 Å². The number of aliphatic hydroxyl groups excluding tert-OH is 1. The summed E-state index contributed by atoms with van der Waals surface area (Å²) < 4.78 is 13.5. The smallest absolute Gasteiger partial charge is 0.265 e. The average molecular weight is 258 g/mol. The van der Waals surface area contributed by atoms with E-state index in [0.29, 0.717) is 16.9 Å². The van der Waals surface area contributed by atoms with Crippen molar-refractivity contribution in [2.24, 2.45) is 5.84 Å². The number of aliphatic hydroxyl groups is 1. The Kier molecular flexibility index (Phi) is 5.40. The van der Waals surface area contributed by atoms with E-state index in [1.807, 2.05) is 12.3 Å². The van der Waals surface area contributed by atoms with E-state index in [1.54, 1.807) is 0 Å². The Morgan fingerprint density at radius 2 is 2.35 bits per heavy atom. The van der Waals surface area contributed by atoms with Crippen LogP contribution in [0.2, 0.25) is 0 Å². The van der Waals surface area contributed by atoms with Gasteiger partial charge >= 0.3 is 0 Å². The SMILES string of the molecule is CC(CO)SCc1cc(C(=O)NN)ccc1F. The zero-order chi connectivity index (χ0) is 12.8. The van der Waals surface area contributed by atoms with E-state index in [0.717, 1.165) is 0 Å². The first kappa shape index (κ1) is 14.0. The number of nitrogens with one attached hydrogen (secondary N) is 1.